The molecule has 138 valence electrons. The van der Waals surface area contributed by atoms with Crippen LogP contribution in [0.15, 0.2) is 48.5 Å². The van der Waals surface area contributed by atoms with E-state index in [-0.39, 0.29) is 11.6 Å². The Morgan fingerprint density at radius 3 is 2.44 bits per heavy atom. The van der Waals surface area contributed by atoms with Gasteiger partial charge in [0.1, 0.15) is 0 Å². The number of hydrogen-bond donors (Lipinski definition) is 1. The number of benzene rings is 2. The molecule has 3 aromatic rings. The number of hydrogen-bond acceptors (Lipinski definition) is 5. The van der Waals surface area contributed by atoms with Crippen molar-refractivity contribution >= 4 is 39.7 Å². The van der Waals surface area contributed by atoms with Crippen molar-refractivity contribution < 1.29 is 9.72 Å². The Balaban J connectivity index is 1.84. The average molecular weight is 402 g/mol. The van der Waals surface area contributed by atoms with Gasteiger partial charge in [-0.15, -0.1) is 11.3 Å². The van der Waals surface area contributed by atoms with Crippen LogP contribution in [0.2, 0.25) is 5.02 Å². The smallest absolute Gasteiger partial charge is 0.269 e. The number of amides is 1. The van der Waals surface area contributed by atoms with Crippen LogP contribution < -0.4 is 5.32 Å². The van der Waals surface area contributed by atoms with Crippen molar-refractivity contribution in [2.45, 2.75) is 19.8 Å². The molecule has 8 heteroatoms. The molecule has 6 nitrogen and oxygen atoms in total. The van der Waals surface area contributed by atoms with Gasteiger partial charge in [-0.25, -0.2) is 4.98 Å². The predicted octanol–water partition coefficient (Wildman–Crippen LogP) is 5.58. The van der Waals surface area contributed by atoms with E-state index in [1.807, 2.05) is 12.1 Å². The standard InChI is InChI=1S/C19H16ClN3O3S/c1-2-3-16-17(12-4-8-14(20)9-5-12)21-19(27-16)22-18(24)13-6-10-15(11-7-13)23(25)26/h4-11H,2-3H2,1H3,(H,21,22,24). The summed E-state index contributed by atoms with van der Waals surface area (Å²) < 4.78 is 0. The molecule has 0 unspecified atom stereocenters. The third-order valence-electron chi connectivity index (χ3n) is 3.85. The summed E-state index contributed by atoms with van der Waals surface area (Å²) in [5.74, 6) is -0.357. The number of aromatic nitrogens is 1. The summed E-state index contributed by atoms with van der Waals surface area (Å²) in [6.07, 6.45) is 1.81. The molecule has 0 aliphatic heterocycles. The number of non-ortho nitro benzene ring substituents is 1. The largest absolute Gasteiger partial charge is 0.298 e. The van der Waals surface area contributed by atoms with Crippen LogP contribution in [-0.2, 0) is 6.42 Å². The van der Waals surface area contributed by atoms with Crippen molar-refractivity contribution in [2.75, 3.05) is 5.32 Å². The van der Waals surface area contributed by atoms with Gasteiger partial charge in [-0.2, -0.15) is 0 Å². The lowest BCUT2D eigenvalue weighted by Gasteiger charge is -2.01. The summed E-state index contributed by atoms with van der Waals surface area (Å²) in [6.45, 7) is 2.08. The number of thiazole rings is 1. The Kier molecular flexibility index (Phi) is 5.83. The van der Waals surface area contributed by atoms with Crippen molar-refractivity contribution in [1.29, 1.82) is 0 Å². The van der Waals surface area contributed by atoms with Gasteiger partial charge in [-0.1, -0.05) is 37.1 Å². The minimum Gasteiger partial charge on any atom is -0.298 e. The minimum atomic E-state index is -0.502. The second kappa shape index (κ2) is 8.28. The number of nitrogens with one attached hydrogen (secondary N) is 1. The van der Waals surface area contributed by atoms with Gasteiger partial charge in [-0.3, -0.25) is 20.2 Å². The molecule has 27 heavy (non-hydrogen) atoms. The van der Waals surface area contributed by atoms with E-state index in [4.69, 9.17) is 11.6 Å². The fraction of sp³-hybridized carbons (Fsp3) is 0.158. The summed E-state index contributed by atoms with van der Waals surface area (Å²) in [5.41, 5.74) is 2.05. The van der Waals surface area contributed by atoms with E-state index in [1.165, 1.54) is 35.6 Å². The molecule has 1 heterocycles. The summed E-state index contributed by atoms with van der Waals surface area (Å²) in [6, 6.07) is 12.9. The summed E-state index contributed by atoms with van der Waals surface area (Å²) in [7, 11) is 0. The van der Waals surface area contributed by atoms with Gasteiger partial charge in [0.25, 0.3) is 11.6 Å². The number of nitro groups is 1. The highest BCUT2D eigenvalue weighted by molar-refractivity contribution is 7.16. The van der Waals surface area contributed by atoms with Gasteiger partial charge in [0, 0.05) is 33.2 Å². The van der Waals surface area contributed by atoms with Crippen LogP contribution in [0.1, 0.15) is 28.6 Å². The van der Waals surface area contributed by atoms with Gasteiger partial charge in [-0.05, 0) is 30.7 Å². The van der Waals surface area contributed by atoms with E-state index >= 15 is 0 Å². The molecule has 0 spiro atoms. The van der Waals surface area contributed by atoms with Crippen molar-refractivity contribution in [3.63, 3.8) is 0 Å². The lowest BCUT2D eigenvalue weighted by atomic mass is 10.1. The molecule has 0 bridgehead atoms. The first-order valence-electron chi connectivity index (χ1n) is 8.29. The van der Waals surface area contributed by atoms with E-state index in [1.54, 1.807) is 12.1 Å². The Bertz CT molecular complexity index is 969. The van der Waals surface area contributed by atoms with Crippen molar-refractivity contribution in [3.8, 4) is 11.3 Å². The molecule has 3 rings (SSSR count). The van der Waals surface area contributed by atoms with Crippen LogP contribution in [0.5, 0.6) is 0 Å². The molecule has 0 radical (unpaired) electrons. The lowest BCUT2D eigenvalue weighted by molar-refractivity contribution is -0.384. The van der Waals surface area contributed by atoms with E-state index in [9.17, 15) is 14.9 Å². The van der Waals surface area contributed by atoms with Crippen molar-refractivity contribution in [1.82, 2.24) is 4.98 Å². The SMILES string of the molecule is CCCc1sc(NC(=O)c2ccc([N+](=O)[O-])cc2)nc1-c1ccc(Cl)cc1. The number of carbonyl (C=O) groups is 1. The van der Waals surface area contributed by atoms with E-state index in [2.05, 4.69) is 17.2 Å². The third-order valence-corrected chi connectivity index (χ3v) is 5.14. The van der Waals surface area contributed by atoms with Crippen molar-refractivity contribution in [2.24, 2.45) is 0 Å². The third kappa shape index (κ3) is 4.50. The lowest BCUT2D eigenvalue weighted by Crippen LogP contribution is -2.11. The molecule has 0 saturated heterocycles. The van der Waals surface area contributed by atoms with E-state index in [0.717, 1.165) is 29.0 Å². The van der Waals surface area contributed by atoms with Crippen LogP contribution in [0, 0.1) is 10.1 Å². The highest BCUT2D eigenvalue weighted by atomic mass is 35.5. The van der Waals surface area contributed by atoms with Gasteiger partial charge >= 0.3 is 0 Å². The monoisotopic (exact) mass is 401 g/mol. The molecule has 0 fully saturated rings. The van der Waals surface area contributed by atoms with Crippen LogP contribution in [0.3, 0.4) is 0 Å². The predicted molar refractivity (Wildman–Crippen MR) is 108 cm³/mol. The zero-order chi connectivity index (χ0) is 19.4. The number of nitro benzene ring substituents is 1. The summed E-state index contributed by atoms with van der Waals surface area (Å²) >= 11 is 7.39. The maximum absolute atomic E-state index is 12.4. The number of halogens is 1. The number of anilines is 1. The number of rotatable bonds is 6. The normalized spacial score (nSPS) is 10.6. The maximum Gasteiger partial charge on any atom is 0.269 e. The quantitative estimate of drug-likeness (QED) is 0.431. The fourth-order valence-electron chi connectivity index (χ4n) is 2.54. The first kappa shape index (κ1) is 19.0. The van der Waals surface area contributed by atoms with Crippen LogP contribution in [-0.4, -0.2) is 15.8 Å². The van der Waals surface area contributed by atoms with E-state index < -0.39 is 4.92 Å². The molecular formula is C19H16ClN3O3S. The topological polar surface area (TPSA) is 85.1 Å². The highest BCUT2D eigenvalue weighted by Crippen LogP contribution is 2.33. The van der Waals surface area contributed by atoms with Gasteiger partial charge in [0.15, 0.2) is 5.13 Å². The van der Waals surface area contributed by atoms with Gasteiger partial charge in [0.05, 0.1) is 10.6 Å². The molecule has 1 aromatic heterocycles. The second-order valence-corrected chi connectivity index (χ2v) is 7.33. The number of carbonyl (C=O) groups excluding carboxylic acids is 1. The Labute approximate surface area is 165 Å². The first-order valence-corrected chi connectivity index (χ1v) is 9.49. The summed E-state index contributed by atoms with van der Waals surface area (Å²) in [4.78, 5) is 28.3. The zero-order valence-corrected chi connectivity index (χ0v) is 16.0. The molecular weight excluding hydrogens is 386 g/mol. The van der Waals surface area contributed by atoms with Crippen LogP contribution in [0.25, 0.3) is 11.3 Å². The molecule has 0 saturated carbocycles. The molecule has 1 amide bonds. The average Bonchev–Trinajstić information content (AvgIpc) is 3.05. The number of aryl methyl sites for hydroxylation is 1. The Hall–Kier alpha value is -2.77. The van der Waals surface area contributed by atoms with Gasteiger partial charge < -0.3 is 0 Å². The zero-order valence-electron chi connectivity index (χ0n) is 14.4. The van der Waals surface area contributed by atoms with Crippen LogP contribution in [0.4, 0.5) is 10.8 Å². The molecule has 2 aromatic carbocycles. The summed E-state index contributed by atoms with van der Waals surface area (Å²) in [5, 5.41) is 14.6. The second-order valence-electron chi connectivity index (χ2n) is 5.81. The maximum atomic E-state index is 12.4. The Morgan fingerprint density at radius 1 is 1.19 bits per heavy atom. The van der Waals surface area contributed by atoms with Gasteiger partial charge in [0.2, 0.25) is 0 Å². The molecule has 1 N–H and O–H groups in total. The van der Waals surface area contributed by atoms with E-state index in [0.29, 0.717) is 15.7 Å². The van der Waals surface area contributed by atoms with Crippen LogP contribution >= 0.6 is 22.9 Å². The first-order chi connectivity index (χ1) is 13.0. The highest BCUT2D eigenvalue weighted by Gasteiger charge is 2.16. The molecule has 0 aliphatic rings. The van der Waals surface area contributed by atoms with Crippen molar-refractivity contribution in [3.05, 3.63) is 74.1 Å². The molecule has 0 aliphatic carbocycles. The minimum absolute atomic E-state index is 0.0592. The molecule has 0 atom stereocenters. The number of nitrogens with zero attached hydrogens (tertiary/aromatic N) is 2. The fourth-order valence-corrected chi connectivity index (χ4v) is 3.75. The Morgan fingerprint density at radius 2 is 1.85 bits per heavy atom.